The van der Waals surface area contributed by atoms with Crippen LogP contribution in [0.2, 0.25) is 0 Å². The SMILES string of the molecule is CCOc1cc(C=CC(=O)c2cnn(C)c2)ccc1OC(F)F. The molecule has 0 radical (unpaired) electrons. The fourth-order valence-corrected chi connectivity index (χ4v) is 1.91. The van der Waals surface area contributed by atoms with Gasteiger partial charge in [-0.1, -0.05) is 12.1 Å². The zero-order chi connectivity index (χ0) is 16.8. The van der Waals surface area contributed by atoms with Gasteiger partial charge in [0, 0.05) is 13.2 Å². The van der Waals surface area contributed by atoms with Gasteiger partial charge in [-0.3, -0.25) is 9.48 Å². The predicted molar refractivity (Wildman–Crippen MR) is 80.8 cm³/mol. The van der Waals surface area contributed by atoms with Crippen molar-refractivity contribution >= 4 is 11.9 Å². The van der Waals surface area contributed by atoms with E-state index in [0.717, 1.165) is 0 Å². The molecule has 0 aliphatic heterocycles. The fraction of sp³-hybridized carbons (Fsp3) is 0.250. The number of ether oxygens (including phenoxy) is 2. The number of nitrogens with zero attached hydrogens (tertiary/aromatic N) is 2. The Labute approximate surface area is 132 Å². The number of hydrogen-bond acceptors (Lipinski definition) is 4. The van der Waals surface area contributed by atoms with Crippen LogP contribution in [0.4, 0.5) is 8.78 Å². The first-order valence-electron chi connectivity index (χ1n) is 6.92. The molecule has 2 rings (SSSR count). The van der Waals surface area contributed by atoms with E-state index in [0.29, 0.717) is 17.7 Å². The lowest BCUT2D eigenvalue weighted by Crippen LogP contribution is -2.04. The molecule has 1 aromatic heterocycles. The quantitative estimate of drug-likeness (QED) is 0.580. The van der Waals surface area contributed by atoms with E-state index < -0.39 is 6.61 Å². The normalized spacial score (nSPS) is 11.2. The predicted octanol–water partition coefficient (Wildman–Crippen LogP) is 3.32. The van der Waals surface area contributed by atoms with Gasteiger partial charge in [-0.15, -0.1) is 0 Å². The average Bonchev–Trinajstić information content (AvgIpc) is 2.93. The molecular weight excluding hydrogens is 306 g/mol. The Morgan fingerprint density at radius 2 is 2.17 bits per heavy atom. The number of alkyl halides is 2. The number of allylic oxidation sites excluding steroid dienone is 1. The number of rotatable bonds is 7. The first-order valence-corrected chi connectivity index (χ1v) is 6.92. The van der Waals surface area contributed by atoms with Gasteiger partial charge in [0.2, 0.25) is 0 Å². The number of hydrogen-bond donors (Lipinski definition) is 0. The van der Waals surface area contributed by atoms with Gasteiger partial charge in [0.1, 0.15) is 0 Å². The van der Waals surface area contributed by atoms with Crippen molar-refractivity contribution in [2.24, 2.45) is 7.05 Å². The fourth-order valence-electron chi connectivity index (χ4n) is 1.91. The third kappa shape index (κ3) is 4.64. The lowest BCUT2D eigenvalue weighted by molar-refractivity contribution is -0.0514. The molecule has 0 aliphatic carbocycles. The Bertz CT molecular complexity index is 711. The van der Waals surface area contributed by atoms with Crippen LogP contribution in [0.25, 0.3) is 6.08 Å². The van der Waals surface area contributed by atoms with E-state index in [1.165, 1.54) is 29.1 Å². The number of ketones is 1. The summed E-state index contributed by atoms with van der Waals surface area (Å²) in [4.78, 5) is 12.0. The molecule has 0 saturated carbocycles. The second kappa shape index (κ2) is 7.53. The molecule has 0 atom stereocenters. The van der Waals surface area contributed by atoms with Crippen molar-refractivity contribution < 1.29 is 23.0 Å². The number of aryl methyl sites for hydroxylation is 1. The highest BCUT2D eigenvalue weighted by atomic mass is 19.3. The van der Waals surface area contributed by atoms with E-state index in [-0.39, 0.29) is 17.3 Å². The van der Waals surface area contributed by atoms with Gasteiger partial charge in [0.25, 0.3) is 0 Å². The molecule has 0 aliphatic rings. The molecule has 0 amide bonds. The van der Waals surface area contributed by atoms with Crippen molar-refractivity contribution in [3.05, 3.63) is 47.8 Å². The summed E-state index contributed by atoms with van der Waals surface area (Å²) < 4.78 is 35.9. The van der Waals surface area contributed by atoms with Crippen LogP contribution >= 0.6 is 0 Å². The maximum absolute atomic E-state index is 12.3. The van der Waals surface area contributed by atoms with Crippen LogP contribution in [0.5, 0.6) is 11.5 Å². The maximum atomic E-state index is 12.3. The zero-order valence-electron chi connectivity index (χ0n) is 12.7. The summed E-state index contributed by atoms with van der Waals surface area (Å²) in [7, 11) is 1.72. The molecule has 0 N–H and O–H groups in total. The summed E-state index contributed by atoms with van der Waals surface area (Å²) in [6, 6.07) is 4.48. The molecule has 1 aromatic carbocycles. The largest absolute Gasteiger partial charge is 0.490 e. The van der Waals surface area contributed by atoms with Gasteiger partial charge in [0.05, 0.1) is 18.4 Å². The molecule has 122 valence electrons. The van der Waals surface area contributed by atoms with Gasteiger partial charge in [0.15, 0.2) is 17.3 Å². The van der Waals surface area contributed by atoms with Crippen LogP contribution in [0.15, 0.2) is 36.7 Å². The third-order valence-corrected chi connectivity index (χ3v) is 2.90. The van der Waals surface area contributed by atoms with E-state index in [2.05, 4.69) is 9.84 Å². The minimum absolute atomic E-state index is 0.0439. The summed E-state index contributed by atoms with van der Waals surface area (Å²) in [5.74, 6) is -0.0506. The molecule has 0 unspecified atom stereocenters. The van der Waals surface area contributed by atoms with Crippen LogP contribution in [0.1, 0.15) is 22.8 Å². The van der Waals surface area contributed by atoms with Crippen LogP contribution in [0, 0.1) is 0 Å². The second-order valence-corrected chi connectivity index (χ2v) is 4.62. The van der Waals surface area contributed by atoms with Gasteiger partial charge >= 0.3 is 6.61 Å². The first kappa shape index (κ1) is 16.7. The van der Waals surface area contributed by atoms with Crippen molar-refractivity contribution in [3.8, 4) is 11.5 Å². The number of carbonyl (C=O) groups is 1. The lowest BCUT2D eigenvalue weighted by Gasteiger charge is -2.11. The second-order valence-electron chi connectivity index (χ2n) is 4.62. The van der Waals surface area contributed by atoms with Gasteiger partial charge < -0.3 is 9.47 Å². The highest BCUT2D eigenvalue weighted by molar-refractivity contribution is 6.06. The molecule has 23 heavy (non-hydrogen) atoms. The van der Waals surface area contributed by atoms with E-state index in [1.807, 2.05) is 0 Å². The van der Waals surface area contributed by atoms with Crippen LogP contribution in [-0.4, -0.2) is 28.8 Å². The lowest BCUT2D eigenvalue weighted by atomic mass is 10.1. The third-order valence-electron chi connectivity index (χ3n) is 2.90. The van der Waals surface area contributed by atoms with E-state index in [9.17, 15) is 13.6 Å². The van der Waals surface area contributed by atoms with Gasteiger partial charge in [-0.2, -0.15) is 13.9 Å². The smallest absolute Gasteiger partial charge is 0.387 e. The summed E-state index contributed by atoms with van der Waals surface area (Å²) in [6.07, 6.45) is 6.04. The summed E-state index contributed by atoms with van der Waals surface area (Å²) >= 11 is 0. The van der Waals surface area contributed by atoms with Gasteiger partial charge in [-0.25, -0.2) is 0 Å². The number of carbonyl (C=O) groups excluding carboxylic acids is 1. The van der Waals surface area contributed by atoms with Crippen LogP contribution in [0.3, 0.4) is 0 Å². The molecule has 5 nitrogen and oxygen atoms in total. The molecule has 1 heterocycles. The monoisotopic (exact) mass is 322 g/mol. The molecule has 0 bridgehead atoms. The van der Waals surface area contributed by atoms with Crippen molar-refractivity contribution in [1.29, 1.82) is 0 Å². The Balaban J connectivity index is 2.17. The molecule has 0 fully saturated rings. The summed E-state index contributed by atoms with van der Waals surface area (Å²) in [5, 5.41) is 3.92. The minimum atomic E-state index is -2.93. The molecular formula is C16H16F2N2O3. The van der Waals surface area contributed by atoms with E-state index in [1.54, 1.807) is 32.3 Å². The Hall–Kier alpha value is -2.70. The van der Waals surface area contributed by atoms with Gasteiger partial charge in [-0.05, 0) is 30.7 Å². The highest BCUT2D eigenvalue weighted by Gasteiger charge is 2.11. The Morgan fingerprint density at radius 3 is 2.78 bits per heavy atom. The molecule has 0 spiro atoms. The van der Waals surface area contributed by atoms with Crippen LogP contribution < -0.4 is 9.47 Å². The number of benzene rings is 1. The minimum Gasteiger partial charge on any atom is -0.490 e. The topological polar surface area (TPSA) is 53.3 Å². The van der Waals surface area contributed by atoms with Crippen molar-refractivity contribution in [1.82, 2.24) is 9.78 Å². The zero-order valence-corrected chi connectivity index (χ0v) is 12.7. The standard InChI is InChI=1S/C16H16F2N2O3/c1-3-22-15-8-11(5-7-14(15)23-16(17)18)4-6-13(21)12-9-19-20(2)10-12/h4-10,16H,3H2,1-2H3. The van der Waals surface area contributed by atoms with E-state index >= 15 is 0 Å². The highest BCUT2D eigenvalue weighted by Crippen LogP contribution is 2.30. The average molecular weight is 322 g/mol. The Morgan fingerprint density at radius 1 is 1.39 bits per heavy atom. The van der Waals surface area contributed by atoms with Crippen molar-refractivity contribution in [3.63, 3.8) is 0 Å². The van der Waals surface area contributed by atoms with E-state index in [4.69, 9.17) is 4.74 Å². The maximum Gasteiger partial charge on any atom is 0.387 e. The van der Waals surface area contributed by atoms with Crippen molar-refractivity contribution in [2.45, 2.75) is 13.5 Å². The number of halogens is 2. The van der Waals surface area contributed by atoms with Crippen molar-refractivity contribution in [2.75, 3.05) is 6.61 Å². The van der Waals surface area contributed by atoms with Crippen LogP contribution in [-0.2, 0) is 7.05 Å². The molecule has 2 aromatic rings. The summed E-state index contributed by atoms with van der Waals surface area (Å²) in [6.45, 7) is -0.884. The number of aromatic nitrogens is 2. The molecule has 7 heteroatoms. The Kier molecular flexibility index (Phi) is 5.46. The summed E-state index contributed by atoms with van der Waals surface area (Å²) in [5.41, 5.74) is 1.10. The first-order chi connectivity index (χ1) is 11.0. The molecule has 0 saturated heterocycles.